The Kier molecular flexibility index (Phi) is 4.42. The summed E-state index contributed by atoms with van der Waals surface area (Å²) in [6, 6.07) is 14.2. The molecule has 1 amide bonds. The summed E-state index contributed by atoms with van der Waals surface area (Å²) in [7, 11) is 0. The maximum absolute atomic E-state index is 11.4. The largest absolute Gasteiger partial charge is 0.350 e. The molecule has 4 heteroatoms. The number of amides is 1. The van der Waals surface area contributed by atoms with Crippen molar-refractivity contribution in [2.24, 2.45) is 0 Å². The van der Waals surface area contributed by atoms with Gasteiger partial charge in [0, 0.05) is 12.8 Å². The first kappa shape index (κ1) is 15.4. The summed E-state index contributed by atoms with van der Waals surface area (Å²) < 4.78 is 0. The molecule has 2 aromatic rings. The van der Waals surface area contributed by atoms with E-state index in [0.717, 1.165) is 12.8 Å². The minimum Gasteiger partial charge on any atom is -0.350 e. The molecule has 114 valence electrons. The van der Waals surface area contributed by atoms with Crippen LogP contribution >= 0.6 is 23.2 Å². The maximum Gasteiger partial charge on any atom is 0.217 e. The van der Waals surface area contributed by atoms with Crippen LogP contribution in [0.3, 0.4) is 0 Å². The van der Waals surface area contributed by atoms with E-state index in [1.54, 1.807) is 6.92 Å². The highest BCUT2D eigenvalue weighted by molar-refractivity contribution is 6.42. The third-order valence-electron chi connectivity index (χ3n) is 4.21. The van der Waals surface area contributed by atoms with Crippen molar-refractivity contribution >= 4 is 29.1 Å². The molecule has 0 unspecified atom stereocenters. The highest BCUT2D eigenvalue weighted by atomic mass is 35.5. The Balaban J connectivity index is 2.00. The molecule has 0 spiro atoms. The molecule has 1 N–H and O–H groups in total. The molecule has 2 nitrogen and oxygen atoms in total. The molecule has 0 saturated heterocycles. The van der Waals surface area contributed by atoms with Crippen molar-refractivity contribution in [3.05, 3.63) is 69.2 Å². The van der Waals surface area contributed by atoms with Gasteiger partial charge in [-0.1, -0.05) is 53.5 Å². The number of hydrogen-bond acceptors (Lipinski definition) is 1. The zero-order valence-electron chi connectivity index (χ0n) is 12.3. The second-order valence-corrected chi connectivity index (χ2v) is 6.50. The number of benzene rings is 2. The average molecular weight is 334 g/mol. The van der Waals surface area contributed by atoms with Crippen molar-refractivity contribution in [1.82, 2.24) is 5.32 Å². The van der Waals surface area contributed by atoms with Crippen LogP contribution in [-0.4, -0.2) is 5.91 Å². The summed E-state index contributed by atoms with van der Waals surface area (Å²) in [6.07, 6.45) is 1.89. The third kappa shape index (κ3) is 2.99. The number of carbonyl (C=O) groups is 1. The lowest BCUT2D eigenvalue weighted by molar-refractivity contribution is -0.119. The van der Waals surface area contributed by atoms with Crippen LogP contribution in [0.25, 0.3) is 0 Å². The molecule has 0 saturated carbocycles. The smallest absolute Gasteiger partial charge is 0.217 e. The summed E-state index contributed by atoms with van der Waals surface area (Å²) in [6.45, 7) is 1.56. The molecule has 0 heterocycles. The number of carbonyl (C=O) groups excluding carboxylic acids is 1. The first-order valence-corrected chi connectivity index (χ1v) is 8.12. The lowest BCUT2D eigenvalue weighted by atomic mass is 9.77. The standard InChI is InChI=1S/C18H17Cl2NO/c1-11(22)21-18-9-7-13(14-4-2-3-5-15(14)18)12-6-8-16(19)17(20)10-12/h2-6,8,10,13,18H,7,9H2,1H3,(H,21,22)/t13-,18-/m1/s1. The highest BCUT2D eigenvalue weighted by Gasteiger charge is 2.28. The van der Waals surface area contributed by atoms with Crippen molar-refractivity contribution in [3.8, 4) is 0 Å². The fourth-order valence-corrected chi connectivity index (χ4v) is 3.57. The Morgan fingerprint density at radius 3 is 2.45 bits per heavy atom. The van der Waals surface area contributed by atoms with Gasteiger partial charge in [-0.15, -0.1) is 0 Å². The van der Waals surface area contributed by atoms with Gasteiger partial charge in [-0.25, -0.2) is 0 Å². The van der Waals surface area contributed by atoms with E-state index in [2.05, 4.69) is 17.4 Å². The topological polar surface area (TPSA) is 29.1 Å². The Morgan fingerprint density at radius 2 is 1.77 bits per heavy atom. The molecule has 1 aliphatic carbocycles. The first-order valence-electron chi connectivity index (χ1n) is 7.37. The predicted octanol–water partition coefficient (Wildman–Crippen LogP) is 5.10. The van der Waals surface area contributed by atoms with Gasteiger partial charge in [-0.05, 0) is 41.7 Å². The SMILES string of the molecule is CC(=O)N[C@@H]1CC[C@H](c2ccc(Cl)c(Cl)c2)c2ccccc21. The third-order valence-corrected chi connectivity index (χ3v) is 4.95. The number of hydrogen-bond donors (Lipinski definition) is 1. The van der Waals surface area contributed by atoms with Crippen LogP contribution in [0.1, 0.15) is 48.4 Å². The fraction of sp³-hybridized carbons (Fsp3) is 0.278. The molecule has 0 bridgehead atoms. The summed E-state index contributed by atoms with van der Waals surface area (Å²) in [5.74, 6) is 0.295. The monoisotopic (exact) mass is 333 g/mol. The zero-order valence-corrected chi connectivity index (χ0v) is 13.8. The van der Waals surface area contributed by atoms with Crippen LogP contribution in [0, 0.1) is 0 Å². The lowest BCUT2D eigenvalue weighted by Crippen LogP contribution is -2.30. The Bertz CT molecular complexity index is 714. The molecule has 0 aliphatic heterocycles. The van der Waals surface area contributed by atoms with E-state index in [9.17, 15) is 4.79 Å². The van der Waals surface area contributed by atoms with E-state index < -0.39 is 0 Å². The van der Waals surface area contributed by atoms with E-state index in [-0.39, 0.29) is 17.9 Å². The summed E-state index contributed by atoms with van der Waals surface area (Å²) >= 11 is 12.2. The zero-order chi connectivity index (χ0) is 15.7. The molecule has 0 fully saturated rings. The summed E-state index contributed by atoms with van der Waals surface area (Å²) in [4.78, 5) is 11.4. The first-order chi connectivity index (χ1) is 10.6. The van der Waals surface area contributed by atoms with E-state index in [0.29, 0.717) is 10.0 Å². The number of nitrogens with one attached hydrogen (secondary N) is 1. The minimum absolute atomic E-state index is 0.00721. The van der Waals surface area contributed by atoms with Gasteiger partial charge in [-0.2, -0.15) is 0 Å². The molecule has 1 aliphatic rings. The van der Waals surface area contributed by atoms with Crippen molar-refractivity contribution in [2.45, 2.75) is 31.7 Å². The van der Waals surface area contributed by atoms with Crippen LogP contribution in [0.15, 0.2) is 42.5 Å². The van der Waals surface area contributed by atoms with Crippen molar-refractivity contribution in [1.29, 1.82) is 0 Å². The Morgan fingerprint density at radius 1 is 1.05 bits per heavy atom. The molecule has 0 aromatic heterocycles. The van der Waals surface area contributed by atoms with E-state index in [1.165, 1.54) is 16.7 Å². The van der Waals surface area contributed by atoms with Gasteiger partial charge >= 0.3 is 0 Å². The van der Waals surface area contributed by atoms with Gasteiger partial charge in [0.2, 0.25) is 5.91 Å². The predicted molar refractivity (Wildman–Crippen MR) is 90.5 cm³/mol. The molecule has 0 radical (unpaired) electrons. The van der Waals surface area contributed by atoms with E-state index in [1.807, 2.05) is 30.3 Å². The fourth-order valence-electron chi connectivity index (χ4n) is 3.26. The molecular weight excluding hydrogens is 317 g/mol. The number of halogens is 2. The van der Waals surface area contributed by atoms with Gasteiger partial charge in [0.15, 0.2) is 0 Å². The van der Waals surface area contributed by atoms with Crippen molar-refractivity contribution < 1.29 is 4.79 Å². The van der Waals surface area contributed by atoms with Crippen LogP contribution in [-0.2, 0) is 4.79 Å². The van der Waals surface area contributed by atoms with E-state index in [4.69, 9.17) is 23.2 Å². The van der Waals surface area contributed by atoms with Gasteiger partial charge in [0.1, 0.15) is 0 Å². The molecule has 3 rings (SSSR count). The quantitative estimate of drug-likeness (QED) is 0.814. The molecular formula is C18H17Cl2NO. The second-order valence-electron chi connectivity index (χ2n) is 5.69. The lowest BCUT2D eigenvalue weighted by Gasteiger charge is -2.32. The molecule has 2 aromatic carbocycles. The summed E-state index contributed by atoms with van der Waals surface area (Å²) in [5, 5.41) is 4.20. The summed E-state index contributed by atoms with van der Waals surface area (Å²) in [5.41, 5.74) is 3.62. The van der Waals surface area contributed by atoms with Crippen LogP contribution < -0.4 is 5.32 Å². The van der Waals surface area contributed by atoms with Crippen molar-refractivity contribution in [2.75, 3.05) is 0 Å². The Labute approximate surface area is 140 Å². The minimum atomic E-state index is 0.00721. The van der Waals surface area contributed by atoms with Gasteiger partial charge in [-0.3, -0.25) is 4.79 Å². The molecule has 22 heavy (non-hydrogen) atoms. The normalized spacial score (nSPS) is 20.3. The Hall–Kier alpha value is -1.51. The van der Waals surface area contributed by atoms with Gasteiger partial charge in [0.05, 0.1) is 16.1 Å². The van der Waals surface area contributed by atoms with Crippen LogP contribution in [0.2, 0.25) is 10.0 Å². The van der Waals surface area contributed by atoms with Gasteiger partial charge < -0.3 is 5.32 Å². The maximum atomic E-state index is 11.4. The van der Waals surface area contributed by atoms with Crippen LogP contribution in [0.4, 0.5) is 0 Å². The average Bonchev–Trinajstić information content (AvgIpc) is 2.50. The molecule has 2 atom stereocenters. The van der Waals surface area contributed by atoms with Crippen molar-refractivity contribution in [3.63, 3.8) is 0 Å². The highest BCUT2D eigenvalue weighted by Crippen LogP contribution is 2.42. The number of rotatable bonds is 2. The second kappa shape index (κ2) is 6.31. The van der Waals surface area contributed by atoms with Crippen LogP contribution in [0.5, 0.6) is 0 Å². The number of fused-ring (bicyclic) bond motifs is 1. The van der Waals surface area contributed by atoms with Gasteiger partial charge in [0.25, 0.3) is 0 Å². The van der Waals surface area contributed by atoms with E-state index >= 15 is 0 Å².